The van der Waals surface area contributed by atoms with Crippen molar-refractivity contribution in [2.75, 3.05) is 6.54 Å². The molecule has 1 aromatic rings. The number of rotatable bonds is 2. The van der Waals surface area contributed by atoms with Crippen molar-refractivity contribution in [3.05, 3.63) is 30.1 Å². The normalized spacial score (nSPS) is 11.7. The average molecular weight is 192 g/mol. The van der Waals surface area contributed by atoms with Crippen molar-refractivity contribution in [1.29, 1.82) is 0 Å². The Balaban J connectivity index is 2.81. The minimum atomic E-state index is -4.25. The minimum Gasteiger partial charge on any atom is -0.352 e. The highest BCUT2D eigenvalue weighted by molar-refractivity contribution is 5.11. The van der Waals surface area contributed by atoms with Gasteiger partial charge in [0.2, 0.25) is 0 Å². The summed E-state index contributed by atoms with van der Waals surface area (Å²) in [7, 11) is 0. The highest BCUT2D eigenvalue weighted by Crippen LogP contribution is 2.27. The van der Waals surface area contributed by atoms with Crippen molar-refractivity contribution in [2.24, 2.45) is 0 Å². The van der Waals surface area contributed by atoms with Gasteiger partial charge in [-0.2, -0.15) is 17.7 Å². The first-order valence-corrected chi connectivity index (χ1v) is 3.89. The molecule has 13 heavy (non-hydrogen) atoms. The van der Waals surface area contributed by atoms with Gasteiger partial charge >= 0.3 is 6.18 Å². The maximum Gasteiger partial charge on any atom is 0.416 e. The van der Waals surface area contributed by atoms with E-state index in [-0.39, 0.29) is 0 Å². The number of hydrogen-bond donors (Lipinski definition) is 1. The molecular weight excluding hydrogens is 181 g/mol. The Bertz CT molecular complexity index is 266. The smallest absolute Gasteiger partial charge is 0.352 e. The van der Waals surface area contributed by atoms with Gasteiger partial charge in [-0.05, 0) is 0 Å². The molecule has 0 bridgehead atoms. The topological polar surface area (TPSA) is 31.5 Å². The van der Waals surface area contributed by atoms with Crippen LogP contribution < -0.4 is 10.3 Å². The lowest BCUT2D eigenvalue weighted by Crippen LogP contribution is -2.56. The summed E-state index contributed by atoms with van der Waals surface area (Å²) in [6, 6.07) is 2.13. The van der Waals surface area contributed by atoms with Crippen molar-refractivity contribution in [3.8, 4) is 0 Å². The van der Waals surface area contributed by atoms with Crippen LogP contribution >= 0.6 is 0 Å². The Hall–Kier alpha value is -1.10. The summed E-state index contributed by atoms with van der Waals surface area (Å²) in [5, 5.41) is 0. The van der Waals surface area contributed by atoms with Crippen molar-refractivity contribution in [1.82, 2.24) is 0 Å². The van der Waals surface area contributed by atoms with Gasteiger partial charge in [0.05, 0.1) is 5.56 Å². The Morgan fingerprint density at radius 2 is 1.77 bits per heavy atom. The van der Waals surface area contributed by atoms with Crippen molar-refractivity contribution in [2.45, 2.75) is 12.7 Å². The van der Waals surface area contributed by atoms with Gasteiger partial charge < -0.3 is 5.73 Å². The molecule has 0 aromatic carbocycles. The van der Waals surface area contributed by atoms with Gasteiger partial charge in [-0.15, -0.1) is 0 Å². The van der Waals surface area contributed by atoms with Gasteiger partial charge in [0.15, 0.2) is 18.9 Å². The van der Waals surface area contributed by atoms with Crippen LogP contribution in [0.1, 0.15) is 5.56 Å². The van der Waals surface area contributed by atoms with E-state index in [1.807, 2.05) is 0 Å². The van der Waals surface area contributed by atoms with Crippen molar-refractivity contribution < 1.29 is 23.5 Å². The molecule has 0 saturated heterocycles. The van der Waals surface area contributed by atoms with Crippen LogP contribution in [0.5, 0.6) is 0 Å². The monoisotopic (exact) mass is 192 g/mol. The second-order valence-corrected chi connectivity index (χ2v) is 2.68. The molecule has 0 atom stereocenters. The van der Waals surface area contributed by atoms with Gasteiger partial charge in [0.25, 0.3) is 0 Å². The van der Waals surface area contributed by atoms with Crippen LogP contribution in [-0.4, -0.2) is 6.54 Å². The van der Waals surface area contributed by atoms with Crippen LogP contribution in [0.15, 0.2) is 24.5 Å². The number of pyridine rings is 1. The fraction of sp³-hybridized carbons (Fsp3) is 0.375. The van der Waals surface area contributed by atoms with Crippen LogP contribution in [0.25, 0.3) is 0 Å². The fourth-order valence-electron chi connectivity index (χ4n) is 0.978. The number of aromatic nitrogens is 1. The maximum absolute atomic E-state index is 12.1. The summed E-state index contributed by atoms with van der Waals surface area (Å²) < 4.78 is 37.9. The van der Waals surface area contributed by atoms with Crippen LogP contribution in [0, 0.1) is 0 Å². The zero-order chi connectivity index (χ0) is 9.90. The molecule has 0 saturated carbocycles. The summed E-state index contributed by atoms with van der Waals surface area (Å²) in [5.41, 5.74) is 2.99. The molecule has 0 fully saturated rings. The molecule has 0 aliphatic carbocycles. The molecule has 0 aliphatic heterocycles. The zero-order valence-corrected chi connectivity index (χ0v) is 7.01. The van der Waals surface area contributed by atoms with E-state index in [4.69, 9.17) is 0 Å². The van der Waals surface area contributed by atoms with Gasteiger partial charge in [-0.25, -0.2) is 0 Å². The third-order valence-corrected chi connectivity index (χ3v) is 1.63. The average Bonchev–Trinajstić information content (AvgIpc) is 2.04. The summed E-state index contributed by atoms with van der Waals surface area (Å²) in [4.78, 5) is 0. The maximum atomic E-state index is 12.1. The molecule has 72 valence electrons. The van der Waals surface area contributed by atoms with Crippen LogP contribution in [0.3, 0.4) is 0 Å². The first-order chi connectivity index (χ1) is 6.04. The standard InChI is InChI=1S/C8H10F3N2/c9-8(10,11)7-1-4-13(5-2-7)6-3-12/h1-2,4-5H,3,6,12H2/q+1/p+1. The fourth-order valence-corrected chi connectivity index (χ4v) is 0.978. The van der Waals surface area contributed by atoms with E-state index >= 15 is 0 Å². The molecule has 0 spiro atoms. The predicted molar refractivity (Wildman–Crippen MR) is 39.4 cm³/mol. The number of nitrogens with zero attached hydrogens (tertiary/aromatic N) is 1. The van der Waals surface area contributed by atoms with Crippen molar-refractivity contribution in [3.63, 3.8) is 0 Å². The molecule has 1 heterocycles. The number of halogens is 3. The van der Waals surface area contributed by atoms with E-state index in [1.165, 1.54) is 12.4 Å². The molecule has 0 aliphatic rings. The highest BCUT2D eigenvalue weighted by atomic mass is 19.4. The lowest BCUT2D eigenvalue weighted by molar-refractivity contribution is -0.711. The van der Waals surface area contributed by atoms with Gasteiger partial charge in [0.1, 0.15) is 6.54 Å². The Morgan fingerprint density at radius 1 is 1.23 bits per heavy atom. The Kier molecular flexibility index (Phi) is 2.87. The Labute approximate surface area is 73.8 Å². The minimum absolute atomic E-state index is 0.618. The van der Waals surface area contributed by atoms with Crippen LogP contribution in [-0.2, 0) is 12.7 Å². The van der Waals surface area contributed by atoms with E-state index in [1.54, 1.807) is 4.57 Å². The SMILES string of the molecule is [NH3+]CC[n+]1ccc(C(F)(F)F)cc1. The summed E-state index contributed by atoms with van der Waals surface area (Å²) >= 11 is 0. The molecule has 0 amide bonds. The summed E-state index contributed by atoms with van der Waals surface area (Å²) in [6.45, 7) is 1.30. The van der Waals surface area contributed by atoms with E-state index in [2.05, 4.69) is 5.73 Å². The second kappa shape index (κ2) is 3.74. The van der Waals surface area contributed by atoms with Gasteiger partial charge in [-0.1, -0.05) is 0 Å². The van der Waals surface area contributed by atoms with E-state index < -0.39 is 11.7 Å². The Morgan fingerprint density at radius 3 is 2.15 bits per heavy atom. The molecule has 3 N–H and O–H groups in total. The van der Waals surface area contributed by atoms with Gasteiger partial charge in [-0.3, -0.25) is 0 Å². The predicted octanol–water partition coefficient (Wildman–Crippen LogP) is 0.235. The molecule has 2 nitrogen and oxygen atoms in total. The lowest BCUT2D eigenvalue weighted by Gasteiger charge is -2.03. The molecule has 5 heteroatoms. The van der Waals surface area contributed by atoms with E-state index in [0.29, 0.717) is 13.1 Å². The second-order valence-electron chi connectivity index (χ2n) is 2.68. The highest BCUT2D eigenvalue weighted by Gasteiger charge is 2.30. The largest absolute Gasteiger partial charge is 0.416 e. The quantitative estimate of drug-likeness (QED) is 0.651. The van der Waals surface area contributed by atoms with Crippen molar-refractivity contribution >= 4 is 0 Å². The number of alkyl halides is 3. The molecule has 1 rings (SSSR count). The van der Waals surface area contributed by atoms with Gasteiger partial charge in [0, 0.05) is 12.1 Å². The summed E-state index contributed by atoms with van der Waals surface area (Å²) in [5.74, 6) is 0. The molecular formula is C8H11F3N2+2. The molecule has 1 aromatic heterocycles. The van der Waals surface area contributed by atoms with Crippen LogP contribution in [0.4, 0.5) is 13.2 Å². The van der Waals surface area contributed by atoms with E-state index in [0.717, 1.165) is 12.1 Å². The zero-order valence-electron chi connectivity index (χ0n) is 7.01. The van der Waals surface area contributed by atoms with E-state index in [9.17, 15) is 13.2 Å². The summed E-state index contributed by atoms with van der Waals surface area (Å²) in [6.07, 6.45) is -1.43. The third-order valence-electron chi connectivity index (χ3n) is 1.63. The van der Waals surface area contributed by atoms with Crippen LogP contribution in [0.2, 0.25) is 0 Å². The first kappa shape index (κ1) is 9.98. The molecule has 0 unspecified atom stereocenters. The number of quaternary nitrogens is 1. The number of hydrogen-bond acceptors (Lipinski definition) is 0. The third kappa shape index (κ3) is 2.69. The first-order valence-electron chi connectivity index (χ1n) is 3.89. The lowest BCUT2D eigenvalue weighted by atomic mass is 10.2. The molecule has 0 radical (unpaired) electrons.